The molecule has 0 saturated carbocycles. The fourth-order valence-electron chi connectivity index (χ4n) is 2.96. The van der Waals surface area contributed by atoms with E-state index in [4.69, 9.17) is 4.74 Å². The maximum absolute atomic E-state index is 12.7. The molecule has 8 nitrogen and oxygen atoms in total. The Morgan fingerprint density at radius 3 is 2.41 bits per heavy atom. The first kappa shape index (κ1) is 19.1. The van der Waals surface area contributed by atoms with Gasteiger partial charge in [-0.05, 0) is 6.07 Å². The van der Waals surface area contributed by atoms with Crippen molar-refractivity contribution in [2.24, 2.45) is 0 Å². The summed E-state index contributed by atoms with van der Waals surface area (Å²) in [6.45, 7) is 0.331. The number of hydrogen-bond donors (Lipinski definition) is 0. The molecule has 146 valence electrons. The second kappa shape index (κ2) is 7.49. The Kier molecular flexibility index (Phi) is 5.29. The molecule has 0 spiro atoms. The van der Waals surface area contributed by atoms with Crippen LogP contribution in [0.2, 0.25) is 0 Å². The van der Waals surface area contributed by atoms with Crippen LogP contribution in [0.4, 0.5) is 13.2 Å². The standard InChI is InChI=1S/C16H17F3N4O4/c17-16(18,19)11-3-6-20-15(21-11)27-10-4-7-22(8-5-10)14(26)9-23-12(24)1-2-13(23)25/h3,6,10H,1-2,4-5,7-9H2. The Hall–Kier alpha value is -2.72. The zero-order valence-corrected chi connectivity index (χ0v) is 14.2. The summed E-state index contributed by atoms with van der Waals surface area (Å²) in [7, 11) is 0. The van der Waals surface area contributed by atoms with Gasteiger partial charge in [-0.15, -0.1) is 0 Å². The van der Waals surface area contributed by atoms with Crippen LogP contribution >= 0.6 is 0 Å². The zero-order chi connectivity index (χ0) is 19.6. The van der Waals surface area contributed by atoms with E-state index in [1.165, 1.54) is 4.90 Å². The molecule has 0 N–H and O–H groups in total. The van der Waals surface area contributed by atoms with E-state index in [-0.39, 0.29) is 43.1 Å². The van der Waals surface area contributed by atoms with Gasteiger partial charge >= 0.3 is 12.2 Å². The van der Waals surface area contributed by atoms with Gasteiger partial charge in [-0.2, -0.15) is 18.2 Å². The van der Waals surface area contributed by atoms with E-state index in [2.05, 4.69) is 9.97 Å². The second-order valence-electron chi connectivity index (χ2n) is 6.29. The van der Waals surface area contributed by atoms with Gasteiger partial charge in [0, 0.05) is 45.0 Å². The largest absolute Gasteiger partial charge is 0.460 e. The van der Waals surface area contributed by atoms with Crippen LogP contribution in [0.25, 0.3) is 0 Å². The SMILES string of the molecule is O=C(CN1C(=O)CCC1=O)N1CCC(Oc2nccc(C(F)(F)F)n2)CC1. The summed E-state index contributed by atoms with van der Waals surface area (Å²) in [5.74, 6) is -1.05. The molecule has 0 radical (unpaired) electrons. The fraction of sp³-hybridized carbons (Fsp3) is 0.562. The number of piperidine rings is 1. The quantitative estimate of drug-likeness (QED) is 0.718. The average Bonchev–Trinajstić information content (AvgIpc) is 2.94. The molecule has 0 atom stereocenters. The van der Waals surface area contributed by atoms with Crippen molar-refractivity contribution in [1.82, 2.24) is 19.8 Å². The summed E-state index contributed by atoms with van der Waals surface area (Å²) in [5, 5.41) is 0. The second-order valence-corrected chi connectivity index (χ2v) is 6.29. The molecule has 1 aromatic heterocycles. The van der Waals surface area contributed by atoms with Crippen LogP contribution in [0.1, 0.15) is 31.4 Å². The van der Waals surface area contributed by atoms with E-state index in [0.29, 0.717) is 25.9 Å². The van der Waals surface area contributed by atoms with Crippen LogP contribution in [-0.2, 0) is 20.6 Å². The lowest BCUT2D eigenvalue weighted by Gasteiger charge is -2.32. The number of halogens is 3. The Balaban J connectivity index is 1.51. The fourth-order valence-corrected chi connectivity index (χ4v) is 2.96. The third-order valence-electron chi connectivity index (χ3n) is 4.44. The first-order valence-corrected chi connectivity index (χ1v) is 8.42. The summed E-state index contributed by atoms with van der Waals surface area (Å²) >= 11 is 0. The van der Waals surface area contributed by atoms with Crippen LogP contribution in [0.3, 0.4) is 0 Å². The maximum Gasteiger partial charge on any atom is 0.433 e. The van der Waals surface area contributed by atoms with Gasteiger partial charge in [0.25, 0.3) is 0 Å². The van der Waals surface area contributed by atoms with Gasteiger partial charge in [0.05, 0.1) is 0 Å². The van der Waals surface area contributed by atoms with Crippen molar-refractivity contribution in [3.63, 3.8) is 0 Å². The molecule has 2 aliphatic heterocycles. The van der Waals surface area contributed by atoms with Gasteiger partial charge in [-0.1, -0.05) is 0 Å². The number of ether oxygens (including phenoxy) is 1. The molecule has 0 aromatic carbocycles. The number of hydrogen-bond acceptors (Lipinski definition) is 6. The third-order valence-corrected chi connectivity index (χ3v) is 4.44. The Bertz CT molecular complexity index is 731. The van der Waals surface area contributed by atoms with Crippen molar-refractivity contribution in [3.05, 3.63) is 18.0 Å². The number of alkyl halides is 3. The van der Waals surface area contributed by atoms with Crippen molar-refractivity contribution >= 4 is 17.7 Å². The smallest absolute Gasteiger partial charge is 0.433 e. The number of nitrogens with zero attached hydrogens (tertiary/aromatic N) is 4. The van der Waals surface area contributed by atoms with Crippen molar-refractivity contribution in [2.75, 3.05) is 19.6 Å². The summed E-state index contributed by atoms with van der Waals surface area (Å²) in [4.78, 5) is 44.9. The van der Waals surface area contributed by atoms with Crippen LogP contribution < -0.4 is 4.74 Å². The van der Waals surface area contributed by atoms with E-state index >= 15 is 0 Å². The summed E-state index contributed by atoms with van der Waals surface area (Å²) < 4.78 is 43.4. The van der Waals surface area contributed by atoms with E-state index in [0.717, 1.165) is 17.2 Å². The molecule has 3 heterocycles. The summed E-state index contributed by atoms with van der Waals surface area (Å²) in [5.41, 5.74) is -1.08. The van der Waals surface area contributed by atoms with Gasteiger partial charge in [0.1, 0.15) is 12.6 Å². The molecule has 2 saturated heterocycles. The van der Waals surface area contributed by atoms with Crippen molar-refractivity contribution in [3.8, 4) is 6.01 Å². The number of amides is 3. The lowest BCUT2D eigenvalue weighted by Crippen LogP contribution is -2.47. The minimum absolute atomic E-state index is 0.124. The average molecular weight is 386 g/mol. The topological polar surface area (TPSA) is 92.7 Å². The number of rotatable bonds is 4. The number of carbonyl (C=O) groups excluding carboxylic acids is 3. The van der Waals surface area contributed by atoms with Gasteiger partial charge in [0.15, 0.2) is 5.69 Å². The molecule has 0 unspecified atom stereocenters. The predicted octanol–water partition coefficient (Wildman–Crippen LogP) is 1.01. The molecule has 1 aromatic rings. The highest BCUT2D eigenvalue weighted by molar-refractivity contribution is 6.04. The maximum atomic E-state index is 12.7. The molecule has 27 heavy (non-hydrogen) atoms. The van der Waals surface area contributed by atoms with Crippen LogP contribution in [0.15, 0.2) is 12.3 Å². The molecule has 2 aliphatic rings. The highest BCUT2D eigenvalue weighted by Crippen LogP contribution is 2.28. The summed E-state index contributed by atoms with van der Waals surface area (Å²) in [6.07, 6.45) is -3.01. The lowest BCUT2D eigenvalue weighted by molar-refractivity contribution is -0.146. The predicted molar refractivity (Wildman–Crippen MR) is 83.2 cm³/mol. The molecule has 2 fully saturated rings. The van der Waals surface area contributed by atoms with Gasteiger partial charge in [-0.3, -0.25) is 19.3 Å². The molecule has 3 amide bonds. The molecule has 0 aliphatic carbocycles. The van der Waals surface area contributed by atoms with Crippen molar-refractivity contribution in [2.45, 2.75) is 38.0 Å². The first-order chi connectivity index (χ1) is 12.7. The lowest BCUT2D eigenvalue weighted by atomic mass is 10.1. The Morgan fingerprint density at radius 1 is 1.19 bits per heavy atom. The third kappa shape index (κ3) is 4.52. The van der Waals surface area contributed by atoms with Gasteiger partial charge < -0.3 is 9.64 Å². The normalized spacial score (nSPS) is 18.9. The van der Waals surface area contributed by atoms with Crippen LogP contribution in [0, 0.1) is 0 Å². The minimum Gasteiger partial charge on any atom is -0.460 e. The van der Waals surface area contributed by atoms with E-state index < -0.39 is 18.0 Å². The molecule has 0 bridgehead atoms. The minimum atomic E-state index is -4.58. The van der Waals surface area contributed by atoms with Gasteiger partial charge in [-0.25, -0.2) is 4.98 Å². The van der Waals surface area contributed by atoms with Crippen LogP contribution in [-0.4, -0.2) is 63.2 Å². The Labute approximate surface area is 152 Å². The number of imide groups is 1. The van der Waals surface area contributed by atoms with E-state index in [1.807, 2.05) is 0 Å². The highest BCUT2D eigenvalue weighted by atomic mass is 19.4. The van der Waals surface area contributed by atoms with Crippen molar-refractivity contribution in [1.29, 1.82) is 0 Å². The zero-order valence-electron chi connectivity index (χ0n) is 14.2. The monoisotopic (exact) mass is 386 g/mol. The van der Waals surface area contributed by atoms with Gasteiger partial charge in [0.2, 0.25) is 17.7 Å². The molecular weight excluding hydrogens is 369 g/mol. The molecular formula is C16H17F3N4O4. The Morgan fingerprint density at radius 2 is 1.81 bits per heavy atom. The highest BCUT2D eigenvalue weighted by Gasteiger charge is 2.34. The van der Waals surface area contributed by atoms with E-state index in [9.17, 15) is 27.6 Å². The first-order valence-electron chi connectivity index (χ1n) is 8.42. The number of likely N-dealkylation sites (tertiary alicyclic amines) is 2. The molecule has 3 rings (SSSR count). The van der Waals surface area contributed by atoms with E-state index in [1.54, 1.807) is 0 Å². The number of aromatic nitrogens is 2. The summed E-state index contributed by atoms with van der Waals surface area (Å²) in [6, 6.07) is 0.401. The molecule has 11 heteroatoms. The van der Waals surface area contributed by atoms with Crippen molar-refractivity contribution < 1.29 is 32.3 Å². The number of carbonyl (C=O) groups is 3. The van der Waals surface area contributed by atoms with Crippen LogP contribution in [0.5, 0.6) is 6.01 Å².